The van der Waals surface area contributed by atoms with Crippen molar-refractivity contribution in [3.8, 4) is 23.0 Å². The maximum absolute atomic E-state index is 12.3. The summed E-state index contributed by atoms with van der Waals surface area (Å²) >= 11 is 0. The van der Waals surface area contributed by atoms with Crippen molar-refractivity contribution < 1.29 is 38.4 Å². The molecule has 4 N–H and O–H groups in total. The Kier molecular flexibility index (Phi) is 8.34. The van der Waals surface area contributed by atoms with E-state index in [4.69, 9.17) is 18.9 Å². The number of carbonyl (C=O) groups is 3. The van der Waals surface area contributed by atoms with Crippen molar-refractivity contribution in [2.75, 3.05) is 27.9 Å². The number of ether oxygens (including phenoxy) is 4. The van der Waals surface area contributed by atoms with E-state index in [1.807, 2.05) is 0 Å². The smallest absolute Gasteiger partial charge is 0.337 e. The standard InChI is InChI=1S/C24H26N4O8/c1-13-21(23(31)35-4)22(27-24(32)26-13)15-6-8-18(19(10-15)34-3)36-12-20(30)28-25-11-14-5-7-17(33-2)16(29)9-14/h5-11,22,29H,12H2,1-4H3,(H,28,30)(H2,26,27,32)/b25-11-/t22-/m1/s1. The van der Waals surface area contributed by atoms with Crippen LogP contribution in [0.15, 0.2) is 52.8 Å². The van der Waals surface area contributed by atoms with Gasteiger partial charge < -0.3 is 34.7 Å². The molecule has 1 aliphatic rings. The number of amides is 3. The Morgan fingerprint density at radius 1 is 1.08 bits per heavy atom. The number of rotatable bonds is 9. The van der Waals surface area contributed by atoms with Crippen molar-refractivity contribution in [2.24, 2.45) is 5.10 Å². The molecule has 0 saturated heterocycles. The average molecular weight is 498 g/mol. The molecule has 3 amide bonds. The highest BCUT2D eigenvalue weighted by atomic mass is 16.5. The Labute approximate surface area is 206 Å². The van der Waals surface area contributed by atoms with Gasteiger partial charge in [0.2, 0.25) is 0 Å². The Morgan fingerprint density at radius 2 is 1.81 bits per heavy atom. The third-order valence-electron chi connectivity index (χ3n) is 5.16. The molecule has 1 atom stereocenters. The molecule has 1 aliphatic heterocycles. The van der Waals surface area contributed by atoms with Crippen molar-refractivity contribution >= 4 is 24.1 Å². The van der Waals surface area contributed by atoms with Gasteiger partial charge in [-0.3, -0.25) is 4.79 Å². The third-order valence-corrected chi connectivity index (χ3v) is 5.16. The minimum atomic E-state index is -0.774. The van der Waals surface area contributed by atoms with Gasteiger partial charge in [-0.15, -0.1) is 0 Å². The molecule has 190 valence electrons. The first-order valence-corrected chi connectivity index (χ1v) is 10.6. The molecule has 0 unspecified atom stereocenters. The predicted octanol–water partition coefficient (Wildman–Crippen LogP) is 1.74. The number of nitrogens with one attached hydrogen (secondary N) is 3. The molecule has 2 aromatic rings. The van der Waals surface area contributed by atoms with Gasteiger partial charge in [-0.1, -0.05) is 6.07 Å². The number of hydrogen-bond acceptors (Lipinski definition) is 9. The van der Waals surface area contributed by atoms with Gasteiger partial charge in [0.25, 0.3) is 5.91 Å². The monoisotopic (exact) mass is 498 g/mol. The molecule has 3 rings (SSSR count). The molecule has 1 heterocycles. The minimum Gasteiger partial charge on any atom is -0.504 e. The number of hydrazone groups is 1. The van der Waals surface area contributed by atoms with Gasteiger partial charge in [0.15, 0.2) is 29.6 Å². The fourth-order valence-electron chi connectivity index (χ4n) is 3.45. The molecular weight excluding hydrogens is 472 g/mol. The molecule has 12 nitrogen and oxygen atoms in total. The fourth-order valence-corrected chi connectivity index (χ4v) is 3.45. The van der Waals surface area contributed by atoms with Gasteiger partial charge in [-0.05, 0) is 48.4 Å². The van der Waals surface area contributed by atoms with Crippen molar-refractivity contribution in [1.82, 2.24) is 16.1 Å². The summed E-state index contributed by atoms with van der Waals surface area (Å²) in [6, 6.07) is 8.20. The SMILES string of the molecule is COC(=O)C1=C(C)NC(=O)N[C@@H]1c1ccc(OCC(=O)N/N=C\c2ccc(OC)c(O)c2)c(OC)c1. The first-order valence-electron chi connectivity index (χ1n) is 10.6. The number of carbonyl (C=O) groups excluding carboxylic acids is 3. The minimum absolute atomic E-state index is 0.0555. The van der Waals surface area contributed by atoms with E-state index < -0.39 is 23.9 Å². The van der Waals surface area contributed by atoms with E-state index in [-0.39, 0.29) is 29.4 Å². The first kappa shape index (κ1) is 25.9. The third kappa shape index (κ3) is 6.03. The first-order chi connectivity index (χ1) is 17.3. The summed E-state index contributed by atoms with van der Waals surface area (Å²) in [4.78, 5) is 36.4. The average Bonchev–Trinajstić information content (AvgIpc) is 2.86. The molecule has 0 spiro atoms. The van der Waals surface area contributed by atoms with Crippen molar-refractivity contribution in [1.29, 1.82) is 0 Å². The number of urea groups is 1. The number of esters is 1. The highest BCUT2D eigenvalue weighted by molar-refractivity contribution is 5.95. The molecule has 0 aliphatic carbocycles. The fraction of sp³-hybridized carbons (Fsp3) is 0.250. The molecule has 0 bridgehead atoms. The van der Waals surface area contributed by atoms with Crippen molar-refractivity contribution in [3.05, 3.63) is 58.8 Å². The highest BCUT2D eigenvalue weighted by Crippen LogP contribution is 2.34. The van der Waals surface area contributed by atoms with Gasteiger partial charge in [0.05, 0.1) is 39.2 Å². The van der Waals surface area contributed by atoms with Crippen LogP contribution in [0.5, 0.6) is 23.0 Å². The quantitative estimate of drug-likeness (QED) is 0.231. The van der Waals surface area contributed by atoms with Crippen LogP contribution in [0.3, 0.4) is 0 Å². The zero-order valence-corrected chi connectivity index (χ0v) is 20.1. The summed E-state index contributed by atoms with van der Waals surface area (Å²) in [5.41, 5.74) is 4.04. The lowest BCUT2D eigenvalue weighted by atomic mass is 9.95. The number of benzene rings is 2. The van der Waals surface area contributed by atoms with Gasteiger partial charge in [0.1, 0.15) is 0 Å². The summed E-state index contributed by atoms with van der Waals surface area (Å²) in [7, 11) is 4.11. The second kappa shape index (κ2) is 11.6. The van der Waals surface area contributed by atoms with Crippen LogP contribution in [0.25, 0.3) is 0 Å². The summed E-state index contributed by atoms with van der Waals surface area (Å²) in [5.74, 6) is -0.313. The van der Waals surface area contributed by atoms with Gasteiger partial charge >= 0.3 is 12.0 Å². The lowest BCUT2D eigenvalue weighted by molar-refractivity contribution is -0.136. The number of phenols is 1. The van der Waals surface area contributed by atoms with Crippen LogP contribution in [0.4, 0.5) is 4.79 Å². The van der Waals surface area contributed by atoms with Crippen LogP contribution in [0.1, 0.15) is 24.1 Å². The zero-order valence-electron chi connectivity index (χ0n) is 20.1. The van der Waals surface area contributed by atoms with Crippen LogP contribution < -0.4 is 30.3 Å². The van der Waals surface area contributed by atoms with E-state index >= 15 is 0 Å². The van der Waals surface area contributed by atoms with Crippen LogP contribution in [0.2, 0.25) is 0 Å². The number of allylic oxidation sites excluding steroid dienone is 1. The Hall–Kier alpha value is -4.74. The van der Waals surface area contributed by atoms with Gasteiger partial charge in [-0.25, -0.2) is 15.0 Å². The van der Waals surface area contributed by atoms with E-state index in [9.17, 15) is 19.5 Å². The molecule has 0 aromatic heterocycles. The molecule has 12 heteroatoms. The van der Waals surface area contributed by atoms with E-state index in [0.717, 1.165) is 0 Å². The summed E-state index contributed by atoms with van der Waals surface area (Å²) < 4.78 is 20.7. The summed E-state index contributed by atoms with van der Waals surface area (Å²) in [5, 5.41) is 18.9. The Bertz CT molecular complexity index is 1220. The second-order valence-corrected chi connectivity index (χ2v) is 7.49. The van der Waals surface area contributed by atoms with E-state index in [1.54, 1.807) is 37.3 Å². The van der Waals surface area contributed by atoms with E-state index in [0.29, 0.717) is 22.6 Å². The zero-order chi connectivity index (χ0) is 26.2. The van der Waals surface area contributed by atoms with Crippen LogP contribution >= 0.6 is 0 Å². The molecule has 2 aromatic carbocycles. The number of aromatic hydroxyl groups is 1. The van der Waals surface area contributed by atoms with Crippen LogP contribution in [-0.4, -0.2) is 57.2 Å². The number of methoxy groups -OCH3 is 3. The number of hydrogen-bond donors (Lipinski definition) is 4. The summed E-state index contributed by atoms with van der Waals surface area (Å²) in [6.07, 6.45) is 1.36. The van der Waals surface area contributed by atoms with Crippen LogP contribution in [0, 0.1) is 0 Å². The normalized spacial score (nSPS) is 15.1. The molecule has 36 heavy (non-hydrogen) atoms. The molecule has 0 radical (unpaired) electrons. The lowest BCUT2D eigenvalue weighted by Gasteiger charge is -2.28. The van der Waals surface area contributed by atoms with Crippen molar-refractivity contribution in [2.45, 2.75) is 13.0 Å². The van der Waals surface area contributed by atoms with Crippen molar-refractivity contribution in [3.63, 3.8) is 0 Å². The summed E-state index contributed by atoms with van der Waals surface area (Å²) in [6.45, 7) is 1.24. The molecular formula is C24H26N4O8. The number of nitrogens with zero attached hydrogens (tertiary/aromatic N) is 1. The van der Waals surface area contributed by atoms with Gasteiger partial charge in [0, 0.05) is 5.70 Å². The topological polar surface area (TPSA) is 157 Å². The van der Waals surface area contributed by atoms with E-state index in [2.05, 4.69) is 21.2 Å². The number of phenolic OH excluding ortho intramolecular Hbond substituents is 1. The lowest BCUT2D eigenvalue weighted by Crippen LogP contribution is -2.45. The Balaban J connectivity index is 1.66. The largest absolute Gasteiger partial charge is 0.504 e. The van der Waals surface area contributed by atoms with Crippen LogP contribution in [-0.2, 0) is 14.3 Å². The highest BCUT2D eigenvalue weighted by Gasteiger charge is 2.32. The van der Waals surface area contributed by atoms with Gasteiger partial charge in [-0.2, -0.15) is 5.10 Å². The second-order valence-electron chi connectivity index (χ2n) is 7.49. The molecule has 0 saturated carbocycles. The molecule has 0 fully saturated rings. The predicted molar refractivity (Wildman–Crippen MR) is 128 cm³/mol. The Morgan fingerprint density at radius 3 is 2.47 bits per heavy atom. The van der Waals surface area contributed by atoms with E-state index in [1.165, 1.54) is 33.6 Å². The maximum Gasteiger partial charge on any atom is 0.337 e. The maximum atomic E-state index is 12.3.